The normalized spacial score (nSPS) is 19.7. The van der Waals surface area contributed by atoms with E-state index in [0.717, 1.165) is 24.9 Å². The lowest BCUT2D eigenvalue weighted by Crippen LogP contribution is -2.33. The summed E-state index contributed by atoms with van der Waals surface area (Å²) in [5.74, 6) is 0.296. The number of hydrogen-bond donors (Lipinski definition) is 2. The van der Waals surface area contributed by atoms with Gasteiger partial charge < -0.3 is 15.2 Å². The highest BCUT2D eigenvalue weighted by Crippen LogP contribution is 2.29. The third kappa shape index (κ3) is 3.73. The molecule has 0 spiro atoms. The maximum Gasteiger partial charge on any atom is 0.225 e. The number of likely N-dealkylation sites (tertiary alicyclic amines) is 1. The number of fused-ring (bicyclic) bond motifs is 3. The zero-order valence-corrected chi connectivity index (χ0v) is 16.3. The summed E-state index contributed by atoms with van der Waals surface area (Å²) in [4.78, 5) is 30.0. The number of aromatic nitrogens is 1. The van der Waals surface area contributed by atoms with Crippen LogP contribution in [0.4, 0.5) is 0 Å². The number of benzene rings is 1. The molecular weight excluding hydrogens is 338 g/mol. The van der Waals surface area contributed by atoms with Crippen LogP contribution in [0.3, 0.4) is 0 Å². The van der Waals surface area contributed by atoms with Crippen LogP contribution in [0.1, 0.15) is 49.9 Å². The molecule has 5 nitrogen and oxygen atoms in total. The van der Waals surface area contributed by atoms with E-state index in [2.05, 4.69) is 42.3 Å². The molecule has 1 atom stereocenters. The van der Waals surface area contributed by atoms with Gasteiger partial charge in [-0.25, -0.2) is 0 Å². The molecule has 0 saturated carbocycles. The molecule has 0 unspecified atom stereocenters. The fourth-order valence-corrected chi connectivity index (χ4v) is 4.46. The van der Waals surface area contributed by atoms with Crippen LogP contribution in [0.25, 0.3) is 10.9 Å². The first-order chi connectivity index (χ1) is 13.0. The second-order valence-corrected chi connectivity index (χ2v) is 8.48. The van der Waals surface area contributed by atoms with Gasteiger partial charge in [0.05, 0.1) is 5.92 Å². The van der Waals surface area contributed by atoms with Crippen molar-refractivity contribution in [3.63, 3.8) is 0 Å². The molecule has 4 rings (SSSR count). The Hall–Kier alpha value is -2.30. The first kappa shape index (κ1) is 18.1. The fraction of sp³-hybridized carbons (Fsp3) is 0.545. The van der Waals surface area contributed by atoms with Gasteiger partial charge in [-0.2, -0.15) is 0 Å². The topological polar surface area (TPSA) is 65.2 Å². The number of rotatable bonds is 5. The summed E-state index contributed by atoms with van der Waals surface area (Å²) in [6, 6.07) is 6.41. The van der Waals surface area contributed by atoms with E-state index in [1.165, 1.54) is 35.0 Å². The zero-order chi connectivity index (χ0) is 19.0. The number of H-pyrrole nitrogens is 1. The summed E-state index contributed by atoms with van der Waals surface area (Å²) in [6.45, 7) is 5.99. The van der Waals surface area contributed by atoms with Crippen LogP contribution in [0.2, 0.25) is 0 Å². The third-order valence-electron chi connectivity index (χ3n) is 5.80. The van der Waals surface area contributed by atoms with E-state index in [-0.39, 0.29) is 17.7 Å². The van der Waals surface area contributed by atoms with Crippen LogP contribution < -0.4 is 5.32 Å². The number of aromatic amines is 1. The number of carbonyl (C=O) groups is 2. The number of carbonyl (C=O) groups excluding carboxylic acids is 2. The van der Waals surface area contributed by atoms with Crippen molar-refractivity contribution in [2.45, 2.75) is 52.5 Å². The molecular formula is C22H29N3O2. The monoisotopic (exact) mass is 367 g/mol. The van der Waals surface area contributed by atoms with Crippen molar-refractivity contribution < 1.29 is 9.59 Å². The molecule has 0 radical (unpaired) electrons. The number of hydrogen-bond acceptors (Lipinski definition) is 2. The van der Waals surface area contributed by atoms with Crippen molar-refractivity contribution in [3.05, 3.63) is 35.0 Å². The molecule has 1 aromatic heterocycles. The maximum absolute atomic E-state index is 12.5. The van der Waals surface area contributed by atoms with Crippen LogP contribution in [-0.2, 0) is 29.0 Å². The highest BCUT2D eigenvalue weighted by atomic mass is 16.2. The van der Waals surface area contributed by atoms with E-state index in [1.807, 2.05) is 4.90 Å². The van der Waals surface area contributed by atoms with Gasteiger partial charge in [0.25, 0.3) is 0 Å². The molecule has 2 amide bonds. The second kappa shape index (κ2) is 7.37. The van der Waals surface area contributed by atoms with E-state index in [4.69, 9.17) is 0 Å². The lowest BCUT2D eigenvalue weighted by atomic mass is 9.95. The van der Waals surface area contributed by atoms with E-state index in [9.17, 15) is 9.59 Å². The van der Waals surface area contributed by atoms with E-state index >= 15 is 0 Å². The summed E-state index contributed by atoms with van der Waals surface area (Å²) >= 11 is 0. The first-order valence-electron chi connectivity index (χ1n) is 10.2. The van der Waals surface area contributed by atoms with Crippen LogP contribution in [0, 0.1) is 11.8 Å². The summed E-state index contributed by atoms with van der Waals surface area (Å²) in [5.41, 5.74) is 5.15. The summed E-state index contributed by atoms with van der Waals surface area (Å²) in [6.07, 6.45) is 5.13. The molecule has 1 aromatic carbocycles. The summed E-state index contributed by atoms with van der Waals surface area (Å²) < 4.78 is 0. The SMILES string of the molecule is CC(C)CN1C[C@H](C(=O)NCc2ccc3[nH]c4c(c3c2)CCCC4)CC1=O. The van der Waals surface area contributed by atoms with Gasteiger partial charge in [0, 0.05) is 42.7 Å². The quantitative estimate of drug-likeness (QED) is 0.852. The van der Waals surface area contributed by atoms with Gasteiger partial charge in [-0.05, 0) is 54.9 Å². The first-order valence-corrected chi connectivity index (χ1v) is 10.2. The molecule has 2 aliphatic rings. The maximum atomic E-state index is 12.5. The fourth-order valence-electron chi connectivity index (χ4n) is 4.46. The zero-order valence-electron chi connectivity index (χ0n) is 16.3. The summed E-state index contributed by atoms with van der Waals surface area (Å²) in [5, 5.41) is 4.35. The largest absolute Gasteiger partial charge is 0.358 e. The Bertz CT molecular complexity index is 868. The molecule has 0 bridgehead atoms. The van der Waals surface area contributed by atoms with Gasteiger partial charge in [0.15, 0.2) is 0 Å². The van der Waals surface area contributed by atoms with Gasteiger partial charge in [-0.3, -0.25) is 9.59 Å². The molecule has 2 heterocycles. The summed E-state index contributed by atoms with van der Waals surface area (Å²) in [7, 11) is 0. The van der Waals surface area contributed by atoms with Crippen LogP contribution in [0.15, 0.2) is 18.2 Å². The smallest absolute Gasteiger partial charge is 0.225 e. The number of aryl methyl sites for hydroxylation is 2. The Morgan fingerprint density at radius 2 is 2.11 bits per heavy atom. The molecule has 1 fully saturated rings. The minimum atomic E-state index is -0.222. The predicted octanol–water partition coefficient (Wildman–Crippen LogP) is 3.17. The number of amides is 2. The highest BCUT2D eigenvalue weighted by molar-refractivity contribution is 5.89. The van der Waals surface area contributed by atoms with E-state index in [0.29, 0.717) is 25.4 Å². The average molecular weight is 367 g/mol. The van der Waals surface area contributed by atoms with Crippen molar-refractivity contribution in [1.82, 2.24) is 15.2 Å². The molecule has 1 aliphatic carbocycles. The molecule has 2 aromatic rings. The number of nitrogens with one attached hydrogen (secondary N) is 2. The van der Waals surface area contributed by atoms with E-state index < -0.39 is 0 Å². The van der Waals surface area contributed by atoms with Crippen molar-refractivity contribution >= 4 is 22.7 Å². The molecule has 1 aliphatic heterocycles. The Balaban J connectivity index is 1.40. The highest BCUT2D eigenvalue weighted by Gasteiger charge is 2.34. The lowest BCUT2D eigenvalue weighted by Gasteiger charge is -2.18. The lowest BCUT2D eigenvalue weighted by molar-refractivity contribution is -0.129. The number of nitrogens with zero attached hydrogens (tertiary/aromatic N) is 1. The van der Waals surface area contributed by atoms with Crippen LogP contribution in [-0.4, -0.2) is 34.8 Å². The molecule has 144 valence electrons. The van der Waals surface area contributed by atoms with Crippen LogP contribution in [0.5, 0.6) is 0 Å². The van der Waals surface area contributed by atoms with E-state index in [1.54, 1.807) is 0 Å². The van der Waals surface area contributed by atoms with Crippen molar-refractivity contribution in [2.75, 3.05) is 13.1 Å². The molecule has 2 N–H and O–H groups in total. The second-order valence-electron chi connectivity index (χ2n) is 8.48. The average Bonchev–Trinajstić information content (AvgIpc) is 3.19. The standard InChI is InChI=1S/C22H29N3O2/c1-14(2)12-25-13-16(10-21(25)26)22(27)23-11-15-7-8-20-18(9-15)17-5-3-4-6-19(17)24-20/h7-9,14,16,24H,3-6,10-13H2,1-2H3,(H,23,27)/t16-/m1/s1. The van der Waals surface area contributed by atoms with Crippen molar-refractivity contribution in [2.24, 2.45) is 11.8 Å². The Morgan fingerprint density at radius 3 is 2.93 bits per heavy atom. The minimum absolute atomic E-state index is 0.00852. The predicted molar refractivity (Wildman–Crippen MR) is 106 cm³/mol. The Kier molecular flexibility index (Phi) is 4.94. The molecule has 1 saturated heterocycles. The van der Waals surface area contributed by atoms with Gasteiger partial charge in [0.2, 0.25) is 11.8 Å². The van der Waals surface area contributed by atoms with Gasteiger partial charge in [0.1, 0.15) is 0 Å². The van der Waals surface area contributed by atoms with Crippen molar-refractivity contribution in [3.8, 4) is 0 Å². The third-order valence-corrected chi connectivity index (χ3v) is 5.80. The Morgan fingerprint density at radius 1 is 1.30 bits per heavy atom. The Labute approximate surface area is 160 Å². The van der Waals surface area contributed by atoms with Gasteiger partial charge >= 0.3 is 0 Å². The van der Waals surface area contributed by atoms with Gasteiger partial charge in [-0.1, -0.05) is 19.9 Å². The minimum Gasteiger partial charge on any atom is -0.358 e. The van der Waals surface area contributed by atoms with Gasteiger partial charge in [-0.15, -0.1) is 0 Å². The van der Waals surface area contributed by atoms with Crippen LogP contribution >= 0.6 is 0 Å². The molecule has 27 heavy (non-hydrogen) atoms. The van der Waals surface area contributed by atoms with Crippen molar-refractivity contribution in [1.29, 1.82) is 0 Å². The molecule has 5 heteroatoms.